The second-order valence-electron chi connectivity index (χ2n) is 22.6. The standard InChI is InChI=1S/C65H92N24O4/c1-5-9-13-17-37-70-57-78-53(66)82-61(86-57)74-45-21-29-49(30-22-45)90-41-65(42-91-50-31-23-46(24-32-50)75-62-83-54(67)79-58(87-62)71-38-18-14-10-6-2,43-92-51-33-25-47(26-34-51)76-63-84-55(68)80-59(88-63)72-39-19-15-11-7-3)44-93-52-35-27-48(28-36-52)77-64-85-56(69)81-60(89-64)73-40-20-16-12-8-4/h21-36H,5-20,37-44H2,1-4H3,(H4,66,70,74,78,82,86)(H4,67,71,75,79,83,87)(H4,68,72,76,80,84,88)(H4,69,73,77,81,85,89). The molecule has 0 aliphatic heterocycles. The van der Waals surface area contributed by atoms with Gasteiger partial charge in [-0.3, -0.25) is 0 Å². The molecule has 0 unspecified atom stereocenters. The Kier molecular flexibility index (Phi) is 27.4. The molecule has 4 aromatic carbocycles. The summed E-state index contributed by atoms with van der Waals surface area (Å²) in [5.41, 5.74) is 26.3. The lowest BCUT2D eigenvalue weighted by molar-refractivity contribution is -0.00350. The van der Waals surface area contributed by atoms with Crippen molar-refractivity contribution >= 4 is 94.1 Å². The zero-order valence-electron chi connectivity index (χ0n) is 54.0. The summed E-state index contributed by atoms with van der Waals surface area (Å²) in [5.74, 6) is 5.44. The summed E-state index contributed by atoms with van der Waals surface area (Å²) in [6, 6.07) is 29.7. The fourth-order valence-corrected chi connectivity index (χ4v) is 9.37. The van der Waals surface area contributed by atoms with Crippen molar-refractivity contribution in [3.63, 3.8) is 0 Å². The van der Waals surface area contributed by atoms with E-state index in [1.165, 1.54) is 0 Å². The molecule has 0 saturated heterocycles. The highest BCUT2D eigenvalue weighted by Crippen LogP contribution is 2.31. The maximum Gasteiger partial charge on any atom is 0.233 e. The average molecular weight is 1270 g/mol. The van der Waals surface area contributed by atoms with Crippen LogP contribution < -0.4 is 84.4 Å². The van der Waals surface area contributed by atoms with E-state index in [-0.39, 0.29) is 50.2 Å². The third-order valence-electron chi connectivity index (χ3n) is 14.5. The van der Waals surface area contributed by atoms with E-state index < -0.39 is 5.41 Å². The topological polar surface area (TPSA) is 392 Å². The number of nitrogen functional groups attached to an aromatic ring is 4. The van der Waals surface area contributed by atoms with Gasteiger partial charge in [-0.05, 0) is 123 Å². The Morgan fingerprint density at radius 3 is 0.677 bits per heavy atom. The minimum atomic E-state index is -1.00. The highest BCUT2D eigenvalue weighted by Gasteiger charge is 2.36. The first-order valence-corrected chi connectivity index (χ1v) is 32.4. The SMILES string of the molecule is CCCCCCNc1nc(N)nc(Nc2ccc(OCC(COc3ccc(Nc4nc(N)nc(NCCCCCC)n4)cc3)(COc3ccc(Nc4nc(N)nc(NCCCCCC)n4)cc3)COc3ccc(Nc4nc(N)nc(NCCCCCC)n4)cc3)cc2)n1. The summed E-state index contributed by atoms with van der Waals surface area (Å²) in [6.07, 6.45) is 17.7. The lowest BCUT2D eigenvalue weighted by Crippen LogP contribution is -2.45. The molecule has 0 radical (unpaired) electrons. The van der Waals surface area contributed by atoms with Gasteiger partial charge < -0.3 is 84.4 Å². The van der Waals surface area contributed by atoms with E-state index in [1.807, 2.05) is 97.1 Å². The van der Waals surface area contributed by atoms with Crippen LogP contribution in [-0.2, 0) is 0 Å². The van der Waals surface area contributed by atoms with Crippen molar-refractivity contribution in [2.45, 2.75) is 130 Å². The van der Waals surface area contributed by atoms with Crippen molar-refractivity contribution in [1.29, 1.82) is 0 Å². The summed E-state index contributed by atoms with van der Waals surface area (Å²) >= 11 is 0. The van der Waals surface area contributed by atoms with Gasteiger partial charge in [-0.1, -0.05) is 105 Å². The van der Waals surface area contributed by atoms with Crippen molar-refractivity contribution in [2.75, 3.05) is 118 Å². The first kappa shape index (κ1) is 68.6. The lowest BCUT2D eigenvalue weighted by atomic mass is 9.92. The van der Waals surface area contributed by atoms with Crippen LogP contribution in [0.2, 0.25) is 0 Å². The quantitative estimate of drug-likeness (QED) is 0.0158. The smallest absolute Gasteiger partial charge is 0.233 e. The van der Waals surface area contributed by atoms with Gasteiger partial charge in [0.05, 0.1) is 0 Å². The van der Waals surface area contributed by atoms with Gasteiger partial charge in [0.15, 0.2) is 0 Å². The third-order valence-corrected chi connectivity index (χ3v) is 14.5. The van der Waals surface area contributed by atoms with Crippen molar-refractivity contribution in [1.82, 2.24) is 59.8 Å². The molecule has 0 spiro atoms. The number of hydrogen-bond donors (Lipinski definition) is 12. The largest absolute Gasteiger partial charge is 0.493 e. The van der Waals surface area contributed by atoms with Gasteiger partial charge in [0.1, 0.15) is 54.8 Å². The summed E-state index contributed by atoms with van der Waals surface area (Å²) in [6.45, 7) is 11.9. The summed E-state index contributed by atoms with van der Waals surface area (Å²) < 4.78 is 26.9. The molecule has 0 aliphatic carbocycles. The molecule has 0 amide bonds. The molecular weight excluding hydrogens is 1180 g/mol. The predicted molar refractivity (Wildman–Crippen MR) is 371 cm³/mol. The van der Waals surface area contributed by atoms with E-state index in [4.69, 9.17) is 41.9 Å². The van der Waals surface area contributed by atoms with E-state index in [2.05, 4.69) is 130 Å². The zero-order valence-corrected chi connectivity index (χ0v) is 54.0. The molecule has 28 heteroatoms. The molecule has 0 aliphatic rings. The van der Waals surface area contributed by atoms with Gasteiger partial charge in [-0.25, -0.2) is 0 Å². The van der Waals surface area contributed by atoms with E-state index in [0.29, 0.717) is 93.3 Å². The molecule has 28 nitrogen and oxygen atoms in total. The number of nitrogens with two attached hydrogens (primary N) is 4. The average Bonchev–Trinajstić information content (AvgIpc) is 1.50. The Bertz CT molecular complexity index is 3010. The maximum absolute atomic E-state index is 6.72. The number of rotatable bonds is 44. The van der Waals surface area contributed by atoms with Crippen LogP contribution in [0.25, 0.3) is 0 Å². The number of nitrogens with zero attached hydrogens (tertiary/aromatic N) is 12. The van der Waals surface area contributed by atoms with E-state index in [9.17, 15) is 0 Å². The monoisotopic (exact) mass is 1270 g/mol. The minimum Gasteiger partial charge on any atom is -0.493 e. The van der Waals surface area contributed by atoms with Gasteiger partial charge >= 0.3 is 0 Å². The normalized spacial score (nSPS) is 11.1. The first-order chi connectivity index (χ1) is 45.4. The molecule has 16 N–H and O–H groups in total. The van der Waals surface area contributed by atoms with Crippen LogP contribution in [0.3, 0.4) is 0 Å². The highest BCUT2D eigenvalue weighted by atomic mass is 16.5. The van der Waals surface area contributed by atoms with Gasteiger partial charge in [-0.15, -0.1) is 0 Å². The number of unbranched alkanes of at least 4 members (excludes halogenated alkanes) is 12. The maximum atomic E-state index is 6.72. The molecule has 496 valence electrons. The Morgan fingerprint density at radius 1 is 0.269 bits per heavy atom. The van der Waals surface area contributed by atoms with Crippen molar-refractivity contribution in [3.05, 3.63) is 97.1 Å². The Balaban J connectivity index is 1.03. The van der Waals surface area contributed by atoms with Crippen LogP contribution in [0.4, 0.5) is 94.1 Å². The van der Waals surface area contributed by atoms with Crippen molar-refractivity contribution in [3.8, 4) is 23.0 Å². The number of nitrogens with one attached hydrogen (secondary N) is 8. The molecule has 8 aromatic rings. The van der Waals surface area contributed by atoms with E-state index >= 15 is 0 Å². The van der Waals surface area contributed by atoms with E-state index in [0.717, 1.165) is 129 Å². The number of aromatic nitrogens is 12. The van der Waals surface area contributed by atoms with Crippen LogP contribution in [0.15, 0.2) is 97.1 Å². The number of benzene rings is 4. The van der Waals surface area contributed by atoms with Gasteiger partial charge in [-0.2, -0.15) is 59.8 Å². The second-order valence-corrected chi connectivity index (χ2v) is 22.6. The van der Waals surface area contributed by atoms with Gasteiger partial charge in [0, 0.05) is 48.9 Å². The summed E-state index contributed by atoms with van der Waals surface area (Å²) in [5, 5.41) is 26.1. The van der Waals surface area contributed by atoms with Crippen LogP contribution in [-0.4, -0.2) is 112 Å². The molecule has 8 rings (SSSR count). The van der Waals surface area contributed by atoms with Crippen molar-refractivity contribution < 1.29 is 18.9 Å². The number of hydrogen-bond acceptors (Lipinski definition) is 28. The molecule has 93 heavy (non-hydrogen) atoms. The summed E-state index contributed by atoms with van der Waals surface area (Å²) in [7, 11) is 0. The van der Waals surface area contributed by atoms with Crippen LogP contribution in [0.5, 0.6) is 23.0 Å². The Hall–Kier alpha value is -10.3. The summed E-state index contributed by atoms with van der Waals surface area (Å²) in [4.78, 5) is 52.7. The fraction of sp³-hybridized carbons (Fsp3) is 0.446. The molecule has 0 bridgehead atoms. The van der Waals surface area contributed by atoms with Gasteiger partial charge in [0.2, 0.25) is 71.4 Å². The highest BCUT2D eigenvalue weighted by molar-refractivity contribution is 5.60. The molecule has 0 atom stereocenters. The van der Waals surface area contributed by atoms with Crippen LogP contribution in [0, 0.1) is 5.41 Å². The predicted octanol–water partition coefficient (Wildman–Crippen LogP) is 12.3. The Labute approximate surface area is 544 Å². The van der Waals surface area contributed by atoms with E-state index in [1.54, 1.807) is 0 Å². The second kappa shape index (κ2) is 37.1. The lowest BCUT2D eigenvalue weighted by Gasteiger charge is -2.33. The van der Waals surface area contributed by atoms with Crippen LogP contribution >= 0.6 is 0 Å². The van der Waals surface area contributed by atoms with Crippen molar-refractivity contribution in [2.24, 2.45) is 5.41 Å². The Morgan fingerprint density at radius 2 is 0.473 bits per heavy atom. The molecule has 4 aromatic heterocycles. The molecule has 0 saturated carbocycles. The number of ether oxygens (including phenoxy) is 4. The molecule has 0 fully saturated rings. The fourth-order valence-electron chi connectivity index (χ4n) is 9.37. The molecular formula is C65H92N24O4. The first-order valence-electron chi connectivity index (χ1n) is 32.4. The minimum absolute atomic E-state index is 0.0668. The zero-order chi connectivity index (χ0) is 65.3. The molecule has 4 heterocycles. The third kappa shape index (κ3) is 24.5. The van der Waals surface area contributed by atoms with Gasteiger partial charge in [0.25, 0.3) is 0 Å². The van der Waals surface area contributed by atoms with Crippen LogP contribution in [0.1, 0.15) is 130 Å². The number of anilines is 16.